The smallest absolute Gasteiger partial charge is 0.162 e. The van der Waals surface area contributed by atoms with Crippen LogP contribution in [0.2, 0.25) is 5.15 Å². The van der Waals surface area contributed by atoms with Crippen LogP contribution in [0.25, 0.3) is 16.7 Å². The minimum absolute atomic E-state index is 0.216. The van der Waals surface area contributed by atoms with Crippen LogP contribution >= 0.6 is 11.6 Å². The van der Waals surface area contributed by atoms with Gasteiger partial charge in [0, 0.05) is 16.9 Å². The molecule has 2 aromatic heterocycles. The lowest BCUT2D eigenvalue weighted by atomic mass is 10.2. The van der Waals surface area contributed by atoms with Gasteiger partial charge >= 0.3 is 0 Å². The van der Waals surface area contributed by atoms with E-state index in [1.54, 1.807) is 0 Å². The Morgan fingerprint density at radius 2 is 1.90 bits per heavy atom. The normalized spacial score (nSPS) is 11.4. The summed E-state index contributed by atoms with van der Waals surface area (Å²) in [5.74, 6) is 1.69. The van der Waals surface area contributed by atoms with E-state index in [9.17, 15) is 0 Å². The fourth-order valence-electron chi connectivity index (χ4n) is 2.10. The van der Waals surface area contributed by atoms with Crippen molar-refractivity contribution in [2.45, 2.75) is 26.7 Å². The summed E-state index contributed by atoms with van der Waals surface area (Å²) in [7, 11) is 0. The molecular formula is C15H15ClN4. The maximum Gasteiger partial charge on any atom is 0.162 e. The molecule has 3 aromatic rings. The second-order valence-electron chi connectivity index (χ2n) is 5.09. The number of fused-ring (bicyclic) bond motifs is 1. The van der Waals surface area contributed by atoms with Gasteiger partial charge in [-0.15, -0.1) is 0 Å². The van der Waals surface area contributed by atoms with Gasteiger partial charge in [-0.2, -0.15) is 5.10 Å². The van der Waals surface area contributed by atoms with E-state index in [-0.39, 0.29) is 5.92 Å². The van der Waals surface area contributed by atoms with Crippen molar-refractivity contribution in [1.29, 1.82) is 0 Å². The van der Waals surface area contributed by atoms with Gasteiger partial charge < -0.3 is 0 Å². The molecule has 0 spiro atoms. The number of rotatable bonds is 2. The number of benzene rings is 1. The van der Waals surface area contributed by atoms with E-state index in [1.807, 2.05) is 55.9 Å². The largest absolute Gasteiger partial charge is 0.220 e. The Morgan fingerprint density at radius 3 is 2.65 bits per heavy atom. The van der Waals surface area contributed by atoms with Gasteiger partial charge in [0.1, 0.15) is 11.0 Å². The van der Waals surface area contributed by atoms with E-state index >= 15 is 0 Å². The summed E-state index contributed by atoms with van der Waals surface area (Å²) < 4.78 is 1.82. The van der Waals surface area contributed by atoms with E-state index in [2.05, 4.69) is 15.1 Å². The van der Waals surface area contributed by atoms with Crippen LogP contribution in [0, 0.1) is 6.92 Å². The predicted octanol–water partition coefficient (Wildman–Crippen LogP) is 3.90. The van der Waals surface area contributed by atoms with Gasteiger partial charge in [-0.05, 0) is 13.0 Å². The molecule has 1 aromatic carbocycles. The van der Waals surface area contributed by atoms with Crippen molar-refractivity contribution in [3.8, 4) is 5.82 Å². The molecule has 5 heteroatoms. The van der Waals surface area contributed by atoms with E-state index in [0.717, 1.165) is 28.1 Å². The third-order valence-corrected chi connectivity index (χ3v) is 3.64. The molecular weight excluding hydrogens is 272 g/mol. The molecule has 102 valence electrons. The number of hydrogen-bond acceptors (Lipinski definition) is 3. The average Bonchev–Trinajstić information content (AvgIpc) is 2.85. The lowest BCUT2D eigenvalue weighted by Gasteiger charge is -2.11. The Labute approximate surface area is 122 Å². The highest BCUT2D eigenvalue weighted by atomic mass is 35.5. The molecule has 0 aliphatic heterocycles. The first-order valence-corrected chi connectivity index (χ1v) is 6.93. The highest BCUT2D eigenvalue weighted by Crippen LogP contribution is 2.24. The molecule has 2 heterocycles. The fraction of sp³-hybridized carbons (Fsp3) is 0.267. The second-order valence-corrected chi connectivity index (χ2v) is 5.45. The first kappa shape index (κ1) is 13.1. The van der Waals surface area contributed by atoms with Crippen LogP contribution < -0.4 is 0 Å². The first-order valence-electron chi connectivity index (χ1n) is 6.55. The molecule has 0 N–H and O–H groups in total. The second kappa shape index (κ2) is 4.87. The zero-order valence-corrected chi connectivity index (χ0v) is 12.4. The van der Waals surface area contributed by atoms with Crippen molar-refractivity contribution in [3.05, 3.63) is 47.0 Å². The Hall–Kier alpha value is -1.94. The molecule has 3 rings (SSSR count). The minimum Gasteiger partial charge on any atom is -0.220 e. The van der Waals surface area contributed by atoms with Crippen LogP contribution in [0.4, 0.5) is 0 Å². The Morgan fingerprint density at radius 1 is 1.15 bits per heavy atom. The van der Waals surface area contributed by atoms with Crippen molar-refractivity contribution >= 4 is 22.5 Å². The average molecular weight is 287 g/mol. The predicted molar refractivity (Wildman–Crippen MR) is 80.5 cm³/mol. The highest BCUT2D eigenvalue weighted by Gasteiger charge is 2.15. The summed E-state index contributed by atoms with van der Waals surface area (Å²) in [5.41, 5.74) is 1.85. The summed E-state index contributed by atoms with van der Waals surface area (Å²) in [5, 5.41) is 6.00. The fourth-order valence-corrected chi connectivity index (χ4v) is 2.27. The number of hydrogen-bond donors (Lipinski definition) is 0. The summed E-state index contributed by atoms with van der Waals surface area (Å²) in [6.07, 6.45) is 1.83. The molecule has 0 unspecified atom stereocenters. The van der Waals surface area contributed by atoms with Gasteiger partial charge in [-0.1, -0.05) is 43.6 Å². The van der Waals surface area contributed by atoms with Crippen LogP contribution in [0.3, 0.4) is 0 Å². The van der Waals surface area contributed by atoms with Crippen LogP contribution in [-0.4, -0.2) is 19.7 Å². The van der Waals surface area contributed by atoms with Crippen molar-refractivity contribution in [2.24, 2.45) is 0 Å². The highest BCUT2D eigenvalue weighted by molar-refractivity contribution is 6.30. The summed E-state index contributed by atoms with van der Waals surface area (Å²) in [6.45, 7) is 6.01. The maximum atomic E-state index is 6.24. The van der Waals surface area contributed by atoms with Gasteiger partial charge in [0.15, 0.2) is 5.82 Å². The van der Waals surface area contributed by atoms with Gasteiger partial charge in [-0.3, -0.25) is 0 Å². The van der Waals surface area contributed by atoms with Gasteiger partial charge in [0.25, 0.3) is 0 Å². The third kappa shape index (κ3) is 2.06. The zero-order chi connectivity index (χ0) is 14.3. The van der Waals surface area contributed by atoms with Gasteiger partial charge in [-0.25, -0.2) is 14.6 Å². The number of halogens is 1. The molecule has 4 nitrogen and oxygen atoms in total. The topological polar surface area (TPSA) is 43.6 Å². The van der Waals surface area contributed by atoms with Crippen molar-refractivity contribution < 1.29 is 0 Å². The van der Waals surface area contributed by atoms with Crippen molar-refractivity contribution in [1.82, 2.24) is 19.7 Å². The quantitative estimate of drug-likeness (QED) is 0.671. The van der Waals surface area contributed by atoms with E-state index in [0.29, 0.717) is 5.15 Å². The van der Waals surface area contributed by atoms with Crippen molar-refractivity contribution in [3.63, 3.8) is 0 Å². The molecule has 0 saturated heterocycles. The monoisotopic (exact) mass is 286 g/mol. The molecule has 0 saturated carbocycles. The molecule has 0 bridgehead atoms. The van der Waals surface area contributed by atoms with Crippen molar-refractivity contribution in [2.75, 3.05) is 0 Å². The van der Waals surface area contributed by atoms with Gasteiger partial charge in [0.2, 0.25) is 0 Å². The van der Waals surface area contributed by atoms with Crippen LogP contribution in [0.5, 0.6) is 0 Å². The lowest BCUT2D eigenvalue weighted by molar-refractivity contribution is 0.746. The molecule has 0 radical (unpaired) electrons. The molecule has 0 aliphatic carbocycles. The summed E-state index contributed by atoms with van der Waals surface area (Å²) in [6, 6.07) is 8.03. The van der Waals surface area contributed by atoms with Crippen LogP contribution in [0.1, 0.15) is 31.2 Å². The van der Waals surface area contributed by atoms with Crippen LogP contribution in [0.15, 0.2) is 30.5 Å². The molecule has 0 atom stereocenters. The molecule has 20 heavy (non-hydrogen) atoms. The first-order chi connectivity index (χ1) is 9.58. The minimum atomic E-state index is 0.216. The number of aromatic nitrogens is 4. The standard InChI is InChI=1S/C15H15ClN4/c1-9(2)14-18-13(16)10(3)15(19-14)20-12-7-5-4-6-11(12)8-17-20/h4-9H,1-3H3. The Bertz CT molecular complexity index is 777. The SMILES string of the molecule is Cc1c(Cl)nc(C(C)C)nc1-n1ncc2ccccc21. The van der Waals surface area contributed by atoms with E-state index in [4.69, 9.17) is 11.6 Å². The van der Waals surface area contributed by atoms with E-state index < -0.39 is 0 Å². The number of para-hydroxylation sites is 1. The Kier molecular flexibility index (Phi) is 3.18. The molecule has 0 fully saturated rings. The third-order valence-electron chi connectivity index (χ3n) is 3.27. The van der Waals surface area contributed by atoms with E-state index in [1.165, 1.54) is 0 Å². The molecule has 0 amide bonds. The Balaban J connectivity index is 2.28. The lowest BCUT2D eigenvalue weighted by Crippen LogP contribution is -2.08. The van der Waals surface area contributed by atoms with Crippen LogP contribution in [-0.2, 0) is 0 Å². The summed E-state index contributed by atoms with van der Waals surface area (Å²) in [4.78, 5) is 8.97. The zero-order valence-electron chi connectivity index (χ0n) is 11.6. The number of nitrogens with zero attached hydrogens (tertiary/aromatic N) is 4. The summed E-state index contributed by atoms with van der Waals surface area (Å²) >= 11 is 6.24. The van der Waals surface area contributed by atoms with Gasteiger partial charge in [0.05, 0.1) is 11.7 Å². The maximum absolute atomic E-state index is 6.24. The molecule has 0 aliphatic rings.